The molecular formula is C14H10ClF3N2O3. The van der Waals surface area contributed by atoms with Gasteiger partial charge in [-0.05, 0) is 23.8 Å². The molecule has 2 aromatic rings. The minimum atomic E-state index is -4.69. The van der Waals surface area contributed by atoms with Gasteiger partial charge in [-0.15, -0.1) is 0 Å². The first kappa shape index (κ1) is 16.9. The summed E-state index contributed by atoms with van der Waals surface area (Å²) in [5, 5.41) is 9.70. The Labute approximate surface area is 133 Å². The molecule has 1 aromatic heterocycles. The second-order valence-electron chi connectivity index (χ2n) is 4.40. The third-order valence-corrected chi connectivity index (χ3v) is 3.13. The minimum absolute atomic E-state index is 0.142. The van der Waals surface area contributed by atoms with Crippen molar-refractivity contribution in [2.24, 2.45) is 0 Å². The van der Waals surface area contributed by atoms with Crippen molar-refractivity contribution in [2.75, 3.05) is 7.11 Å². The number of rotatable bonds is 3. The predicted molar refractivity (Wildman–Crippen MR) is 78.5 cm³/mol. The Bertz CT molecular complexity index is 816. The van der Waals surface area contributed by atoms with E-state index in [1.54, 1.807) is 4.98 Å². The number of methoxy groups -OCH3 is 1. The number of aromatic nitrogens is 2. The Balaban J connectivity index is 2.41. The highest BCUT2D eigenvalue weighted by Crippen LogP contribution is 2.33. The molecule has 0 saturated carbocycles. The topological polar surface area (TPSA) is 75.2 Å². The molecule has 0 spiro atoms. The number of hydrogen-bond acceptors (Lipinski definition) is 4. The lowest BCUT2D eigenvalue weighted by molar-refractivity contribution is -0.141. The third-order valence-electron chi connectivity index (χ3n) is 2.80. The predicted octanol–water partition coefficient (Wildman–Crippen LogP) is 3.33. The van der Waals surface area contributed by atoms with Crippen LogP contribution in [0, 0.1) is 0 Å². The van der Waals surface area contributed by atoms with Crippen molar-refractivity contribution in [1.82, 2.24) is 9.97 Å². The fourth-order valence-electron chi connectivity index (χ4n) is 1.74. The van der Waals surface area contributed by atoms with Crippen LogP contribution in [0.2, 0.25) is 5.02 Å². The first-order valence-corrected chi connectivity index (χ1v) is 6.51. The fraction of sp³-hybridized carbons (Fsp3) is 0.143. The summed E-state index contributed by atoms with van der Waals surface area (Å²) in [5.41, 5.74) is -2.14. The van der Waals surface area contributed by atoms with Gasteiger partial charge in [-0.25, -0.2) is 4.79 Å². The Morgan fingerprint density at radius 3 is 2.61 bits per heavy atom. The smallest absolute Gasteiger partial charge is 0.431 e. The average molecular weight is 347 g/mol. The second-order valence-corrected chi connectivity index (χ2v) is 4.81. The molecule has 1 aromatic carbocycles. The largest absolute Gasteiger partial charge is 0.504 e. The van der Waals surface area contributed by atoms with E-state index < -0.39 is 17.6 Å². The molecule has 5 nitrogen and oxygen atoms in total. The number of benzene rings is 1. The molecule has 0 unspecified atom stereocenters. The molecule has 1 heterocycles. The maximum Gasteiger partial charge on any atom is 0.431 e. The summed E-state index contributed by atoms with van der Waals surface area (Å²) < 4.78 is 42.8. The van der Waals surface area contributed by atoms with Gasteiger partial charge in [-0.3, -0.25) is 0 Å². The number of aromatic hydroxyl groups is 1. The Kier molecular flexibility index (Phi) is 4.65. The van der Waals surface area contributed by atoms with Crippen molar-refractivity contribution in [1.29, 1.82) is 0 Å². The third kappa shape index (κ3) is 4.04. The van der Waals surface area contributed by atoms with Crippen molar-refractivity contribution < 1.29 is 23.0 Å². The van der Waals surface area contributed by atoms with Gasteiger partial charge < -0.3 is 14.8 Å². The first-order valence-electron chi connectivity index (χ1n) is 6.14. The van der Waals surface area contributed by atoms with Crippen LogP contribution in [0.3, 0.4) is 0 Å². The maximum atomic E-state index is 12.6. The molecule has 23 heavy (non-hydrogen) atoms. The number of ether oxygens (including phenoxy) is 1. The lowest BCUT2D eigenvalue weighted by Crippen LogP contribution is -2.19. The highest BCUT2D eigenvalue weighted by molar-refractivity contribution is 6.32. The molecule has 2 rings (SSSR count). The number of phenolic OH excluding ortho intramolecular Hbond substituents is 1. The zero-order valence-corrected chi connectivity index (χ0v) is 12.4. The van der Waals surface area contributed by atoms with Crippen molar-refractivity contribution >= 4 is 23.8 Å². The van der Waals surface area contributed by atoms with Crippen LogP contribution in [0.5, 0.6) is 11.5 Å². The van der Waals surface area contributed by atoms with Gasteiger partial charge in [-0.2, -0.15) is 18.2 Å². The van der Waals surface area contributed by atoms with E-state index in [2.05, 4.69) is 4.98 Å². The van der Waals surface area contributed by atoms with E-state index in [9.17, 15) is 23.1 Å². The van der Waals surface area contributed by atoms with E-state index in [1.165, 1.54) is 31.4 Å². The van der Waals surface area contributed by atoms with Gasteiger partial charge in [0.1, 0.15) is 5.69 Å². The summed E-state index contributed by atoms with van der Waals surface area (Å²) in [6.45, 7) is 0. The summed E-state index contributed by atoms with van der Waals surface area (Å²) >= 11 is 5.92. The van der Waals surface area contributed by atoms with Crippen molar-refractivity contribution in [2.45, 2.75) is 6.18 Å². The molecule has 0 bridgehead atoms. The van der Waals surface area contributed by atoms with Crippen LogP contribution in [0.15, 0.2) is 23.0 Å². The number of H-pyrrole nitrogens is 1. The maximum absolute atomic E-state index is 12.6. The highest BCUT2D eigenvalue weighted by atomic mass is 35.5. The quantitative estimate of drug-likeness (QED) is 0.894. The van der Waals surface area contributed by atoms with Gasteiger partial charge >= 0.3 is 11.9 Å². The van der Waals surface area contributed by atoms with Gasteiger partial charge in [-0.1, -0.05) is 17.7 Å². The van der Waals surface area contributed by atoms with E-state index in [4.69, 9.17) is 16.3 Å². The minimum Gasteiger partial charge on any atom is -0.504 e. The van der Waals surface area contributed by atoms with Crippen LogP contribution < -0.4 is 10.4 Å². The molecule has 0 aliphatic carbocycles. The standard InChI is InChI=1S/C14H10ClF3N2O3/c1-23-11-4-7(9(15)6-10(11)21)2-3-8-5-12(14(16,17)18)20-13(22)19-8/h2-6,21H,1H3,(H,19,20,22)/b3-2+. The summed E-state index contributed by atoms with van der Waals surface area (Å²) in [6.07, 6.45) is -2.14. The fourth-order valence-corrected chi connectivity index (χ4v) is 1.96. The summed E-state index contributed by atoms with van der Waals surface area (Å²) in [4.78, 5) is 16.3. The molecule has 0 saturated heterocycles. The molecule has 0 radical (unpaired) electrons. The monoisotopic (exact) mass is 346 g/mol. The average Bonchev–Trinajstić information content (AvgIpc) is 2.45. The van der Waals surface area contributed by atoms with Crippen LogP contribution in [0.1, 0.15) is 17.0 Å². The van der Waals surface area contributed by atoms with Crippen LogP contribution in [-0.4, -0.2) is 22.2 Å². The van der Waals surface area contributed by atoms with Gasteiger partial charge in [0.15, 0.2) is 11.5 Å². The number of nitrogens with one attached hydrogen (secondary N) is 1. The number of alkyl halides is 3. The van der Waals surface area contributed by atoms with E-state index in [1.807, 2.05) is 0 Å². The van der Waals surface area contributed by atoms with E-state index in [0.717, 1.165) is 0 Å². The molecule has 122 valence electrons. The van der Waals surface area contributed by atoms with Gasteiger partial charge in [0.2, 0.25) is 0 Å². The van der Waals surface area contributed by atoms with Crippen molar-refractivity contribution in [3.8, 4) is 11.5 Å². The number of halogens is 4. The number of nitrogens with zero attached hydrogens (tertiary/aromatic N) is 1. The second kappa shape index (κ2) is 6.33. The van der Waals surface area contributed by atoms with Crippen molar-refractivity contribution in [3.05, 3.63) is 50.7 Å². The van der Waals surface area contributed by atoms with E-state index >= 15 is 0 Å². The molecule has 0 aliphatic heterocycles. The van der Waals surface area contributed by atoms with Gasteiger partial charge in [0, 0.05) is 6.07 Å². The summed E-state index contributed by atoms with van der Waals surface area (Å²) in [7, 11) is 1.34. The van der Waals surface area contributed by atoms with Crippen LogP contribution >= 0.6 is 11.6 Å². The highest BCUT2D eigenvalue weighted by Gasteiger charge is 2.32. The molecule has 9 heteroatoms. The van der Waals surface area contributed by atoms with Gasteiger partial charge in [0.25, 0.3) is 0 Å². The number of aromatic amines is 1. The van der Waals surface area contributed by atoms with Crippen molar-refractivity contribution in [3.63, 3.8) is 0 Å². The molecular weight excluding hydrogens is 337 g/mol. The number of hydrogen-bond donors (Lipinski definition) is 2. The van der Waals surface area contributed by atoms with Crippen LogP contribution in [0.25, 0.3) is 12.2 Å². The Morgan fingerprint density at radius 2 is 2.00 bits per heavy atom. The van der Waals surface area contributed by atoms with Crippen LogP contribution in [0.4, 0.5) is 13.2 Å². The molecule has 0 aliphatic rings. The lowest BCUT2D eigenvalue weighted by Gasteiger charge is -2.07. The zero-order chi connectivity index (χ0) is 17.2. The Hall–Kier alpha value is -2.48. The Morgan fingerprint density at radius 1 is 1.30 bits per heavy atom. The molecule has 2 N–H and O–H groups in total. The van der Waals surface area contributed by atoms with Crippen LogP contribution in [-0.2, 0) is 6.18 Å². The zero-order valence-electron chi connectivity index (χ0n) is 11.6. The van der Waals surface area contributed by atoms with E-state index in [-0.39, 0.29) is 22.2 Å². The van der Waals surface area contributed by atoms with Gasteiger partial charge in [0.05, 0.1) is 17.8 Å². The van der Waals surface area contributed by atoms with E-state index in [0.29, 0.717) is 11.6 Å². The molecule has 0 atom stereocenters. The normalized spacial score (nSPS) is 11.9. The first-order chi connectivity index (χ1) is 10.7. The summed E-state index contributed by atoms with van der Waals surface area (Å²) in [6, 6.07) is 3.32. The SMILES string of the molecule is COc1cc(/C=C/c2cc(C(F)(F)F)[nH]c(=O)n2)c(Cl)cc1O. The molecule has 0 amide bonds. The number of phenols is 1. The molecule has 0 fully saturated rings. The summed E-state index contributed by atoms with van der Waals surface area (Å²) in [5.74, 6) is -0.0350. The lowest BCUT2D eigenvalue weighted by atomic mass is 10.1.